The van der Waals surface area contributed by atoms with E-state index >= 15 is 0 Å². The Hall–Kier alpha value is -0.780. The first-order chi connectivity index (χ1) is 6.24. The van der Waals surface area contributed by atoms with Gasteiger partial charge in [-0.25, -0.2) is 0 Å². The van der Waals surface area contributed by atoms with Gasteiger partial charge in [0.05, 0.1) is 0 Å². The molecular weight excluding hydrogens is 156 g/mol. The van der Waals surface area contributed by atoms with E-state index in [1.165, 1.54) is 30.4 Å². The molecule has 0 bridgehead atoms. The zero-order valence-electron chi connectivity index (χ0n) is 9.01. The van der Waals surface area contributed by atoms with E-state index in [0.717, 1.165) is 0 Å². The minimum Gasteiger partial charge on any atom is -0.0842 e. The van der Waals surface area contributed by atoms with Crippen LogP contribution < -0.4 is 0 Å². The van der Waals surface area contributed by atoms with E-state index in [1.807, 2.05) is 0 Å². The quantitative estimate of drug-likeness (QED) is 0.590. The average molecular weight is 176 g/mol. The van der Waals surface area contributed by atoms with Crippen LogP contribution in [0.15, 0.2) is 35.5 Å². The van der Waals surface area contributed by atoms with Crippen molar-refractivity contribution in [2.75, 3.05) is 0 Å². The van der Waals surface area contributed by atoms with Gasteiger partial charge in [0.15, 0.2) is 0 Å². The number of hydrogen-bond acceptors (Lipinski definition) is 0. The van der Waals surface area contributed by atoms with Crippen molar-refractivity contribution in [1.82, 2.24) is 0 Å². The summed E-state index contributed by atoms with van der Waals surface area (Å²) in [6.07, 6.45) is 12.7. The second-order valence-corrected chi connectivity index (χ2v) is 3.93. The van der Waals surface area contributed by atoms with Gasteiger partial charge in [-0.3, -0.25) is 0 Å². The van der Waals surface area contributed by atoms with Crippen LogP contribution in [-0.2, 0) is 0 Å². The van der Waals surface area contributed by atoms with Crippen molar-refractivity contribution in [3.05, 3.63) is 35.5 Å². The average Bonchev–Trinajstić information content (AvgIpc) is 2.10. The lowest BCUT2D eigenvalue weighted by Crippen LogP contribution is -1.96. The van der Waals surface area contributed by atoms with E-state index < -0.39 is 0 Å². The topological polar surface area (TPSA) is 0 Å². The third kappa shape index (κ3) is 3.22. The molecule has 0 amide bonds. The highest BCUT2D eigenvalue weighted by Crippen LogP contribution is 2.20. The van der Waals surface area contributed by atoms with Crippen LogP contribution in [-0.4, -0.2) is 0 Å². The van der Waals surface area contributed by atoms with Gasteiger partial charge in [-0.15, -0.1) is 0 Å². The van der Waals surface area contributed by atoms with E-state index in [9.17, 15) is 0 Å². The summed E-state index contributed by atoms with van der Waals surface area (Å²) >= 11 is 0. The Morgan fingerprint density at radius 1 is 1.46 bits per heavy atom. The monoisotopic (exact) mass is 176 g/mol. The zero-order chi connectivity index (χ0) is 9.68. The molecule has 72 valence electrons. The van der Waals surface area contributed by atoms with Crippen LogP contribution in [0.4, 0.5) is 0 Å². The van der Waals surface area contributed by atoms with E-state index in [2.05, 4.69) is 45.1 Å². The molecule has 0 aromatic rings. The molecule has 1 unspecified atom stereocenters. The fraction of sp³-hybridized carbons (Fsp3) is 0.538. The normalized spacial score (nSPS) is 19.9. The maximum Gasteiger partial charge on any atom is -0.0193 e. The predicted molar refractivity (Wildman–Crippen MR) is 59.7 cm³/mol. The lowest BCUT2D eigenvalue weighted by atomic mass is 9.94. The van der Waals surface area contributed by atoms with Crippen LogP contribution >= 0.6 is 0 Å². The van der Waals surface area contributed by atoms with Crippen LogP contribution in [0.3, 0.4) is 0 Å². The van der Waals surface area contributed by atoms with E-state index in [0.29, 0.717) is 5.92 Å². The largest absolute Gasteiger partial charge is 0.0842 e. The van der Waals surface area contributed by atoms with Gasteiger partial charge in [-0.2, -0.15) is 0 Å². The molecule has 1 atom stereocenters. The van der Waals surface area contributed by atoms with Gasteiger partial charge >= 0.3 is 0 Å². The molecule has 0 fully saturated rings. The molecule has 1 aliphatic carbocycles. The highest BCUT2D eigenvalue weighted by atomic mass is 14.1. The third-order valence-corrected chi connectivity index (χ3v) is 2.72. The molecular formula is C13H20. The summed E-state index contributed by atoms with van der Waals surface area (Å²) in [5, 5.41) is 0. The van der Waals surface area contributed by atoms with Crippen molar-refractivity contribution in [2.24, 2.45) is 5.92 Å². The van der Waals surface area contributed by atoms with Gasteiger partial charge in [0, 0.05) is 0 Å². The van der Waals surface area contributed by atoms with E-state index in [1.54, 1.807) is 0 Å². The summed E-state index contributed by atoms with van der Waals surface area (Å²) in [4.78, 5) is 0. The van der Waals surface area contributed by atoms with Crippen LogP contribution in [0.5, 0.6) is 0 Å². The van der Waals surface area contributed by atoms with Crippen LogP contribution in [0.2, 0.25) is 0 Å². The fourth-order valence-electron chi connectivity index (χ4n) is 1.53. The molecule has 13 heavy (non-hydrogen) atoms. The van der Waals surface area contributed by atoms with Crippen LogP contribution in [0.1, 0.15) is 40.0 Å². The number of allylic oxidation sites excluding steroid dienone is 6. The molecule has 0 aromatic heterocycles. The van der Waals surface area contributed by atoms with Gasteiger partial charge in [0.2, 0.25) is 0 Å². The lowest BCUT2D eigenvalue weighted by molar-refractivity contribution is 0.668. The van der Waals surface area contributed by atoms with Crippen molar-refractivity contribution < 1.29 is 0 Å². The standard InChI is InChI=1S/C13H20/c1-4-12(3)13-9-7-5-6-8-11(2)10-13/h5,7,9-10,12H,4,6,8H2,1-3H3. The summed E-state index contributed by atoms with van der Waals surface area (Å²) in [5.74, 6) is 0.692. The molecule has 0 heteroatoms. The Morgan fingerprint density at radius 2 is 2.23 bits per heavy atom. The predicted octanol–water partition coefficient (Wildman–Crippen LogP) is 4.26. The lowest BCUT2D eigenvalue weighted by Gasteiger charge is -2.12. The van der Waals surface area contributed by atoms with E-state index in [-0.39, 0.29) is 0 Å². The summed E-state index contributed by atoms with van der Waals surface area (Å²) in [6, 6.07) is 0. The summed E-state index contributed by atoms with van der Waals surface area (Å²) < 4.78 is 0. The van der Waals surface area contributed by atoms with Gasteiger partial charge < -0.3 is 0 Å². The Bertz CT molecular complexity index is 241. The minimum absolute atomic E-state index is 0.692. The molecule has 0 heterocycles. The SMILES string of the molecule is CCC(C)C1=CC=CCCC(C)=C1. The second kappa shape index (κ2) is 5.06. The maximum atomic E-state index is 2.36. The molecule has 0 radical (unpaired) electrons. The van der Waals surface area contributed by atoms with Crippen LogP contribution in [0, 0.1) is 5.92 Å². The molecule has 1 rings (SSSR count). The summed E-state index contributed by atoms with van der Waals surface area (Å²) in [5.41, 5.74) is 2.99. The molecule has 0 aliphatic heterocycles. The van der Waals surface area contributed by atoms with Crippen molar-refractivity contribution >= 4 is 0 Å². The van der Waals surface area contributed by atoms with Crippen molar-refractivity contribution in [1.29, 1.82) is 0 Å². The Balaban J connectivity index is 2.83. The van der Waals surface area contributed by atoms with Crippen LogP contribution in [0.25, 0.3) is 0 Å². The second-order valence-electron chi connectivity index (χ2n) is 3.93. The third-order valence-electron chi connectivity index (χ3n) is 2.72. The maximum absolute atomic E-state index is 2.36. The van der Waals surface area contributed by atoms with E-state index in [4.69, 9.17) is 0 Å². The molecule has 0 aromatic carbocycles. The molecule has 0 nitrogen and oxygen atoms in total. The van der Waals surface area contributed by atoms with Gasteiger partial charge in [-0.1, -0.05) is 43.7 Å². The minimum atomic E-state index is 0.692. The first-order valence-corrected chi connectivity index (χ1v) is 5.28. The Labute approximate surface area is 82.0 Å². The molecule has 0 spiro atoms. The summed E-state index contributed by atoms with van der Waals surface area (Å²) in [6.45, 7) is 6.78. The van der Waals surface area contributed by atoms with Gasteiger partial charge in [0.25, 0.3) is 0 Å². The van der Waals surface area contributed by atoms with Crippen molar-refractivity contribution in [2.45, 2.75) is 40.0 Å². The smallest absolute Gasteiger partial charge is 0.0193 e. The molecule has 1 aliphatic rings. The van der Waals surface area contributed by atoms with Gasteiger partial charge in [-0.05, 0) is 37.7 Å². The first kappa shape index (κ1) is 10.3. The zero-order valence-corrected chi connectivity index (χ0v) is 9.01. The Kier molecular flexibility index (Phi) is 4.01. The highest BCUT2D eigenvalue weighted by Gasteiger charge is 2.04. The number of rotatable bonds is 2. The number of hydrogen-bond donors (Lipinski definition) is 0. The fourth-order valence-corrected chi connectivity index (χ4v) is 1.53. The highest BCUT2D eigenvalue weighted by molar-refractivity contribution is 5.30. The van der Waals surface area contributed by atoms with Crippen molar-refractivity contribution in [3.63, 3.8) is 0 Å². The molecule has 0 saturated carbocycles. The molecule has 0 N–H and O–H groups in total. The summed E-state index contributed by atoms with van der Waals surface area (Å²) in [7, 11) is 0. The molecule has 0 saturated heterocycles. The Morgan fingerprint density at radius 3 is 2.92 bits per heavy atom. The van der Waals surface area contributed by atoms with Gasteiger partial charge in [0.1, 0.15) is 0 Å². The first-order valence-electron chi connectivity index (χ1n) is 5.28. The van der Waals surface area contributed by atoms with Crippen molar-refractivity contribution in [3.8, 4) is 0 Å².